The van der Waals surface area contributed by atoms with Gasteiger partial charge in [0, 0.05) is 24.2 Å². The number of hydrogen-bond acceptors (Lipinski definition) is 8. The van der Waals surface area contributed by atoms with Crippen LogP contribution in [0.1, 0.15) is 74.4 Å². The lowest BCUT2D eigenvalue weighted by Gasteiger charge is -2.26. The monoisotopic (exact) mass is 702 g/mol. The standard InChI is InChI=1S/C38H38N8O6/c1-21-31(43-37(49)51-21)35(47)45-17-3-5-29(45)33-39-19-27(41-33)25-13-9-23(10-14-25)7-8-24-11-15-26(16-12-24)28-20-40-34(42-28)30-6-4-18-46(30)36(48)32-22(2)52-38(50)44-32/h9-16,19-22,29-32H,3-6,17-18H2,1-2H3,(H,39,41)(H,40,42)(H,43,49)(H,44,50)/t21-,22-,29-,30-,31+,32+/m0/s1. The van der Waals surface area contributed by atoms with Gasteiger partial charge in [-0.05, 0) is 74.9 Å². The molecule has 14 heteroatoms. The quantitative estimate of drug-likeness (QED) is 0.217. The number of benzene rings is 2. The SMILES string of the molecule is C[C@@H]1OC(=O)N[C@H]1C(=O)N1CCC[C@H]1c1ncc(-c2ccc(C#Cc3ccc(-c4cnc([C@@H]5CCCN5C(=O)[C@@H]5NC(=O)O[C@H]5C)[nH]4)cc3)cc2)[nH]1. The lowest BCUT2D eigenvalue weighted by atomic mass is 10.1. The number of nitrogens with zero attached hydrogens (tertiary/aromatic N) is 4. The second kappa shape index (κ2) is 13.6. The molecular weight excluding hydrogens is 664 g/mol. The van der Waals surface area contributed by atoms with Gasteiger partial charge in [0.05, 0.1) is 35.9 Å². The van der Waals surface area contributed by atoms with Gasteiger partial charge in [-0.2, -0.15) is 0 Å². The molecule has 4 aliphatic heterocycles. The first-order valence-electron chi connectivity index (χ1n) is 17.6. The van der Waals surface area contributed by atoms with Crippen LogP contribution in [-0.2, 0) is 19.1 Å². The average molecular weight is 703 g/mol. The summed E-state index contributed by atoms with van der Waals surface area (Å²) in [6.07, 6.45) is 4.66. The molecule has 0 unspecified atom stereocenters. The summed E-state index contributed by atoms with van der Waals surface area (Å²) in [6, 6.07) is 14.0. The van der Waals surface area contributed by atoms with Gasteiger partial charge >= 0.3 is 12.2 Å². The maximum absolute atomic E-state index is 13.2. The number of nitrogens with one attached hydrogen (secondary N) is 4. The van der Waals surface area contributed by atoms with Crippen molar-refractivity contribution in [3.05, 3.63) is 83.7 Å². The van der Waals surface area contributed by atoms with E-state index in [2.05, 4.69) is 42.4 Å². The van der Waals surface area contributed by atoms with Crippen LogP contribution in [0.4, 0.5) is 9.59 Å². The van der Waals surface area contributed by atoms with Crippen molar-refractivity contribution in [3.63, 3.8) is 0 Å². The summed E-state index contributed by atoms with van der Waals surface area (Å²) in [5.74, 6) is 7.59. The Morgan fingerprint density at radius 3 is 1.44 bits per heavy atom. The summed E-state index contributed by atoms with van der Waals surface area (Å²) in [6.45, 7) is 4.63. The van der Waals surface area contributed by atoms with Crippen molar-refractivity contribution in [3.8, 4) is 34.4 Å². The Morgan fingerprint density at radius 2 is 1.08 bits per heavy atom. The van der Waals surface area contributed by atoms with Crippen molar-refractivity contribution >= 4 is 24.0 Å². The van der Waals surface area contributed by atoms with E-state index in [0.717, 1.165) is 59.3 Å². The minimum Gasteiger partial charge on any atom is -0.444 e. The predicted octanol–water partition coefficient (Wildman–Crippen LogP) is 4.19. The lowest BCUT2D eigenvalue weighted by molar-refractivity contribution is -0.136. The molecule has 4 aliphatic rings. The predicted molar refractivity (Wildman–Crippen MR) is 187 cm³/mol. The van der Waals surface area contributed by atoms with Gasteiger partial charge in [-0.15, -0.1) is 0 Å². The van der Waals surface area contributed by atoms with Crippen LogP contribution in [0.15, 0.2) is 60.9 Å². The first-order valence-corrected chi connectivity index (χ1v) is 17.6. The Hall–Kier alpha value is -6.10. The molecule has 0 bridgehead atoms. The third kappa shape index (κ3) is 6.34. The molecule has 6 atom stereocenters. The minimum atomic E-state index is -0.693. The molecule has 266 valence electrons. The van der Waals surface area contributed by atoms with E-state index in [1.807, 2.05) is 48.5 Å². The Labute approximate surface area is 299 Å². The summed E-state index contributed by atoms with van der Waals surface area (Å²) >= 11 is 0. The summed E-state index contributed by atoms with van der Waals surface area (Å²) in [5, 5.41) is 5.24. The van der Waals surface area contributed by atoms with Crippen LogP contribution < -0.4 is 10.6 Å². The normalized spacial score (nSPS) is 25.3. The first kappa shape index (κ1) is 33.1. The van der Waals surface area contributed by atoms with Crippen LogP contribution in [0.3, 0.4) is 0 Å². The molecule has 6 heterocycles. The second-order valence-corrected chi connectivity index (χ2v) is 13.6. The van der Waals surface area contributed by atoms with Crippen LogP contribution in [-0.4, -0.2) is 91.1 Å². The van der Waals surface area contributed by atoms with E-state index in [4.69, 9.17) is 9.47 Å². The van der Waals surface area contributed by atoms with Gasteiger partial charge in [-0.1, -0.05) is 36.1 Å². The molecule has 4 fully saturated rings. The topological polar surface area (TPSA) is 175 Å². The van der Waals surface area contributed by atoms with Gasteiger partial charge in [-0.25, -0.2) is 19.6 Å². The fourth-order valence-corrected chi connectivity index (χ4v) is 7.46. The Morgan fingerprint density at radius 1 is 0.673 bits per heavy atom. The fraction of sp³-hybridized carbons (Fsp3) is 0.368. The van der Waals surface area contributed by atoms with Crippen molar-refractivity contribution in [1.29, 1.82) is 0 Å². The Balaban J connectivity index is 0.892. The maximum Gasteiger partial charge on any atom is 0.408 e. The molecule has 0 spiro atoms. The van der Waals surface area contributed by atoms with Gasteiger partial charge in [-0.3, -0.25) is 9.59 Å². The number of hydrogen-bond donors (Lipinski definition) is 4. The van der Waals surface area contributed by atoms with Crippen LogP contribution >= 0.6 is 0 Å². The summed E-state index contributed by atoms with van der Waals surface area (Å²) in [4.78, 5) is 69.3. The largest absolute Gasteiger partial charge is 0.444 e. The van der Waals surface area contributed by atoms with E-state index in [-0.39, 0.29) is 23.9 Å². The highest BCUT2D eigenvalue weighted by molar-refractivity contribution is 5.89. The van der Waals surface area contributed by atoms with Crippen molar-refractivity contribution in [2.24, 2.45) is 0 Å². The molecule has 14 nitrogen and oxygen atoms in total. The van der Waals surface area contributed by atoms with E-state index in [0.29, 0.717) is 24.7 Å². The number of cyclic esters (lactones) is 2. The zero-order valence-corrected chi connectivity index (χ0v) is 28.7. The highest BCUT2D eigenvalue weighted by atomic mass is 16.6. The molecule has 52 heavy (non-hydrogen) atoms. The number of aromatic amines is 2. The average Bonchev–Trinajstić information content (AvgIpc) is 3.99. The molecule has 4 amide bonds. The molecule has 4 saturated heterocycles. The minimum absolute atomic E-state index is 0.156. The van der Waals surface area contributed by atoms with Gasteiger partial charge in [0.2, 0.25) is 11.8 Å². The van der Waals surface area contributed by atoms with Gasteiger partial charge in [0.25, 0.3) is 0 Å². The van der Waals surface area contributed by atoms with Crippen molar-refractivity contribution in [1.82, 2.24) is 40.4 Å². The number of ether oxygens (including phenoxy) is 2. The van der Waals surface area contributed by atoms with Crippen molar-refractivity contribution in [2.75, 3.05) is 13.1 Å². The second-order valence-electron chi connectivity index (χ2n) is 13.6. The molecule has 0 aliphatic carbocycles. The Kier molecular flexibility index (Phi) is 8.62. The van der Waals surface area contributed by atoms with Crippen LogP contribution in [0.2, 0.25) is 0 Å². The highest BCUT2D eigenvalue weighted by Gasteiger charge is 2.44. The lowest BCUT2D eigenvalue weighted by Crippen LogP contribution is -2.47. The van der Waals surface area contributed by atoms with Gasteiger partial charge in [0.1, 0.15) is 35.9 Å². The number of carbonyl (C=O) groups is 4. The number of amides is 4. The zero-order valence-electron chi connectivity index (χ0n) is 28.7. The summed E-state index contributed by atoms with van der Waals surface area (Å²) in [7, 11) is 0. The number of rotatable bonds is 6. The third-order valence-electron chi connectivity index (χ3n) is 10.2. The molecular formula is C38H38N8O6. The van der Waals surface area contributed by atoms with E-state index in [9.17, 15) is 19.2 Å². The van der Waals surface area contributed by atoms with Crippen LogP contribution in [0.25, 0.3) is 22.5 Å². The number of imidazole rings is 2. The molecule has 0 saturated carbocycles. The Bertz CT molecular complexity index is 1930. The molecule has 2 aromatic carbocycles. The molecule has 4 aromatic rings. The van der Waals surface area contributed by atoms with Gasteiger partial charge < -0.3 is 39.9 Å². The number of aromatic nitrogens is 4. The maximum atomic E-state index is 13.2. The fourth-order valence-electron chi connectivity index (χ4n) is 7.46. The van der Waals surface area contributed by atoms with E-state index >= 15 is 0 Å². The van der Waals surface area contributed by atoms with E-state index in [1.54, 1.807) is 36.0 Å². The van der Waals surface area contributed by atoms with Crippen molar-refractivity contribution in [2.45, 2.75) is 75.9 Å². The number of alkyl carbamates (subject to hydrolysis) is 2. The molecule has 4 N–H and O–H groups in total. The smallest absolute Gasteiger partial charge is 0.408 e. The van der Waals surface area contributed by atoms with Crippen molar-refractivity contribution < 1.29 is 28.7 Å². The molecule has 0 radical (unpaired) electrons. The van der Waals surface area contributed by atoms with Crippen LogP contribution in [0, 0.1) is 11.8 Å². The summed E-state index contributed by atoms with van der Waals surface area (Å²) in [5.41, 5.74) is 5.32. The number of H-pyrrole nitrogens is 2. The van der Waals surface area contributed by atoms with E-state index < -0.39 is 36.5 Å². The van der Waals surface area contributed by atoms with E-state index in [1.165, 1.54) is 0 Å². The molecule has 2 aromatic heterocycles. The zero-order chi connectivity index (χ0) is 35.9. The highest BCUT2D eigenvalue weighted by Crippen LogP contribution is 2.34. The first-order chi connectivity index (χ1) is 25.2. The van der Waals surface area contributed by atoms with Crippen LogP contribution in [0.5, 0.6) is 0 Å². The third-order valence-corrected chi connectivity index (χ3v) is 10.2. The van der Waals surface area contributed by atoms with Gasteiger partial charge in [0.15, 0.2) is 0 Å². The number of carbonyl (C=O) groups excluding carboxylic acids is 4. The molecule has 8 rings (SSSR count). The summed E-state index contributed by atoms with van der Waals surface area (Å²) < 4.78 is 10.2. The number of likely N-dealkylation sites (tertiary alicyclic amines) is 2.